The van der Waals surface area contributed by atoms with Gasteiger partial charge in [-0.25, -0.2) is 18.0 Å². The van der Waals surface area contributed by atoms with Crippen molar-refractivity contribution in [3.05, 3.63) is 88.8 Å². The third kappa shape index (κ3) is 5.86. The maximum atomic E-state index is 14.8. The molecule has 0 spiro atoms. The Balaban J connectivity index is 1.74. The van der Waals surface area contributed by atoms with Gasteiger partial charge in [-0.2, -0.15) is 0 Å². The number of amides is 1. The summed E-state index contributed by atoms with van der Waals surface area (Å²) in [4.78, 5) is 28.7. The lowest BCUT2D eigenvalue weighted by molar-refractivity contribution is -0.138. The minimum absolute atomic E-state index is 0.0384. The van der Waals surface area contributed by atoms with E-state index in [0.717, 1.165) is 31.3 Å². The monoisotopic (exact) mass is 543 g/mol. The van der Waals surface area contributed by atoms with E-state index in [4.69, 9.17) is 9.47 Å². The standard InChI is InChI=1S/C29H32F3N3O4/c1-4-35(5-2)13-12-33-27(36)25-23-10-11-29(39-23,26(25)28(37)38-3)24(14-18-8-6-7-9-22(18)32)34-21-16-19(30)15-20(31)17-21/h6-11,15-17,23-24,34H,4-5,12-14H2,1-3H3,(H,33,36). The highest BCUT2D eigenvalue weighted by molar-refractivity contribution is 6.07. The van der Waals surface area contributed by atoms with Gasteiger partial charge in [0, 0.05) is 24.8 Å². The molecule has 0 fully saturated rings. The van der Waals surface area contributed by atoms with Crippen molar-refractivity contribution in [1.82, 2.24) is 10.2 Å². The van der Waals surface area contributed by atoms with Gasteiger partial charge in [-0.05, 0) is 49.3 Å². The van der Waals surface area contributed by atoms with Crippen LogP contribution in [0.15, 0.2) is 65.8 Å². The number of carbonyl (C=O) groups excluding carboxylic acids is 2. The quantitative estimate of drug-likeness (QED) is 0.314. The second-order valence-corrected chi connectivity index (χ2v) is 9.40. The van der Waals surface area contributed by atoms with Gasteiger partial charge in [0.1, 0.15) is 29.2 Å². The number of fused-ring (bicyclic) bond motifs is 2. The van der Waals surface area contributed by atoms with Gasteiger partial charge in [0.25, 0.3) is 5.91 Å². The van der Waals surface area contributed by atoms with E-state index < -0.39 is 47.1 Å². The predicted octanol–water partition coefficient (Wildman–Crippen LogP) is 3.76. The van der Waals surface area contributed by atoms with Gasteiger partial charge in [0.15, 0.2) is 0 Å². The molecule has 2 aromatic rings. The van der Waals surface area contributed by atoms with E-state index in [1.54, 1.807) is 30.4 Å². The van der Waals surface area contributed by atoms with Crippen LogP contribution in [0, 0.1) is 17.5 Å². The average molecular weight is 544 g/mol. The van der Waals surface area contributed by atoms with Crippen LogP contribution in [0.25, 0.3) is 0 Å². The molecule has 7 nitrogen and oxygen atoms in total. The number of ether oxygens (including phenoxy) is 2. The molecule has 1 amide bonds. The maximum absolute atomic E-state index is 14.8. The van der Waals surface area contributed by atoms with Crippen molar-refractivity contribution in [2.45, 2.75) is 38.0 Å². The number of nitrogens with one attached hydrogen (secondary N) is 2. The molecule has 39 heavy (non-hydrogen) atoms. The smallest absolute Gasteiger partial charge is 0.337 e. The van der Waals surface area contributed by atoms with E-state index >= 15 is 0 Å². The summed E-state index contributed by atoms with van der Waals surface area (Å²) in [6, 6.07) is 8.01. The number of carbonyl (C=O) groups is 2. The number of hydrogen-bond acceptors (Lipinski definition) is 6. The van der Waals surface area contributed by atoms with Gasteiger partial charge in [-0.1, -0.05) is 38.1 Å². The van der Waals surface area contributed by atoms with Crippen LogP contribution in [0.1, 0.15) is 19.4 Å². The molecule has 2 aliphatic rings. The van der Waals surface area contributed by atoms with E-state index in [1.807, 2.05) is 13.8 Å². The molecular formula is C29H32F3N3O4. The largest absolute Gasteiger partial charge is 0.466 e. The summed E-state index contributed by atoms with van der Waals surface area (Å²) in [6.45, 7) is 6.66. The molecule has 2 aromatic carbocycles. The van der Waals surface area contributed by atoms with Gasteiger partial charge in [-0.15, -0.1) is 0 Å². The Morgan fingerprint density at radius 3 is 2.44 bits per heavy atom. The number of anilines is 1. The molecule has 0 aromatic heterocycles. The molecule has 2 aliphatic heterocycles. The number of methoxy groups -OCH3 is 1. The fourth-order valence-corrected chi connectivity index (χ4v) is 5.15. The van der Waals surface area contributed by atoms with Gasteiger partial charge in [0.05, 0.1) is 24.3 Å². The highest BCUT2D eigenvalue weighted by Crippen LogP contribution is 2.47. The topological polar surface area (TPSA) is 79.9 Å². The van der Waals surface area contributed by atoms with Crippen LogP contribution in [0.2, 0.25) is 0 Å². The maximum Gasteiger partial charge on any atom is 0.337 e. The Kier molecular flexibility index (Phi) is 8.76. The molecule has 2 bridgehead atoms. The number of likely N-dealkylation sites (N-methyl/N-ethyl adjacent to an activating group) is 1. The zero-order valence-electron chi connectivity index (χ0n) is 22.1. The van der Waals surface area contributed by atoms with Gasteiger partial charge < -0.3 is 25.0 Å². The van der Waals surface area contributed by atoms with Crippen LogP contribution in [-0.2, 0) is 25.5 Å². The van der Waals surface area contributed by atoms with Crippen molar-refractivity contribution in [3.8, 4) is 0 Å². The molecule has 0 radical (unpaired) electrons. The van der Waals surface area contributed by atoms with Crippen LogP contribution in [0.5, 0.6) is 0 Å². The minimum atomic E-state index is -1.58. The molecule has 3 atom stereocenters. The number of rotatable bonds is 12. The Morgan fingerprint density at radius 1 is 1.10 bits per heavy atom. The van der Waals surface area contributed by atoms with E-state index in [9.17, 15) is 22.8 Å². The number of halogens is 3. The average Bonchev–Trinajstić information content (AvgIpc) is 3.49. The number of nitrogens with zero attached hydrogens (tertiary/aromatic N) is 1. The SMILES string of the molecule is CCN(CC)CCNC(=O)C1=C(C(=O)OC)C2(C(Cc3ccccc3F)Nc3cc(F)cc(F)c3)C=CC1O2. The summed E-state index contributed by atoms with van der Waals surface area (Å²) in [5.41, 5.74) is -1.18. The molecule has 10 heteroatoms. The minimum Gasteiger partial charge on any atom is -0.466 e. The van der Waals surface area contributed by atoms with Crippen molar-refractivity contribution >= 4 is 17.6 Å². The Morgan fingerprint density at radius 2 is 1.79 bits per heavy atom. The second kappa shape index (κ2) is 12.0. The lowest BCUT2D eigenvalue weighted by Gasteiger charge is -2.36. The summed E-state index contributed by atoms with van der Waals surface area (Å²) in [6.07, 6.45) is 2.36. The second-order valence-electron chi connectivity index (χ2n) is 9.40. The number of hydrogen-bond donors (Lipinski definition) is 2. The zero-order valence-corrected chi connectivity index (χ0v) is 22.1. The van der Waals surface area contributed by atoms with Gasteiger partial charge >= 0.3 is 5.97 Å². The molecule has 208 valence electrons. The van der Waals surface area contributed by atoms with Crippen LogP contribution < -0.4 is 10.6 Å². The van der Waals surface area contributed by atoms with Crippen LogP contribution in [0.4, 0.5) is 18.9 Å². The molecule has 2 N–H and O–H groups in total. The third-order valence-corrected chi connectivity index (χ3v) is 7.13. The molecule has 0 aliphatic carbocycles. The molecule has 2 heterocycles. The van der Waals surface area contributed by atoms with E-state index in [0.29, 0.717) is 13.1 Å². The normalized spacial score (nSPS) is 20.4. The Bertz CT molecular complexity index is 1270. The first-order valence-electron chi connectivity index (χ1n) is 12.9. The molecule has 0 saturated heterocycles. The first-order chi connectivity index (χ1) is 18.7. The highest BCUT2D eigenvalue weighted by atomic mass is 19.1. The van der Waals surface area contributed by atoms with Crippen LogP contribution >= 0.6 is 0 Å². The summed E-state index contributed by atoms with van der Waals surface area (Å²) in [5, 5.41) is 5.89. The third-order valence-electron chi connectivity index (χ3n) is 7.13. The number of benzene rings is 2. The lowest BCUT2D eigenvalue weighted by Crippen LogP contribution is -2.50. The fourth-order valence-electron chi connectivity index (χ4n) is 5.15. The van der Waals surface area contributed by atoms with Crippen molar-refractivity contribution in [2.75, 3.05) is 38.6 Å². The molecule has 3 unspecified atom stereocenters. The van der Waals surface area contributed by atoms with Crippen molar-refractivity contribution < 1.29 is 32.2 Å². The Hall–Kier alpha value is -3.63. The van der Waals surface area contributed by atoms with Crippen molar-refractivity contribution in [2.24, 2.45) is 0 Å². The lowest BCUT2D eigenvalue weighted by atomic mass is 9.78. The molecule has 4 rings (SSSR count). The summed E-state index contributed by atoms with van der Waals surface area (Å²) >= 11 is 0. The summed E-state index contributed by atoms with van der Waals surface area (Å²) in [7, 11) is 1.19. The Labute approximate surface area is 225 Å². The summed E-state index contributed by atoms with van der Waals surface area (Å²) in [5.74, 6) is -3.41. The van der Waals surface area contributed by atoms with Gasteiger partial charge in [-0.3, -0.25) is 4.79 Å². The van der Waals surface area contributed by atoms with Gasteiger partial charge in [0.2, 0.25) is 0 Å². The fraction of sp³-hybridized carbons (Fsp3) is 0.379. The molecular weight excluding hydrogens is 511 g/mol. The zero-order chi connectivity index (χ0) is 28.2. The van der Waals surface area contributed by atoms with E-state index in [1.165, 1.54) is 13.2 Å². The van der Waals surface area contributed by atoms with Crippen LogP contribution in [-0.4, -0.2) is 67.8 Å². The van der Waals surface area contributed by atoms with Crippen molar-refractivity contribution in [3.63, 3.8) is 0 Å². The molecule has 0 saturated carbocycles. The predicted molar refractivity (Wildman–Crippen MR) is 140 cm³/mol. The van der Waals surface area contributed by atoms with Crippen LogP contribution in [0.3, 0.4) is 0 Å². The number of esters is 1. The van der Waals surface area contributed by atoms with E-state index in [2.05, 4.69) is 15.5 Å². The van der Waals surface area contributed by atoms with E-state index in [-0.39, 0.29) is 28.8 Å². The highest BCUT2D eigenvalue weighted by Gasteiger charge is 2.58. The first kappa shape index (κ1) is 28.4. The van der Waals surface area contributed by atoms with Crippen molar-refractivity contribution in [1.29, 1.82) is 0 Å². The first-order valence-corrected chi connectivity index (χ1v) is 12.9. The summed E-state index contributed by atoms with van der Waals surface area (Å²) < 4.78 is 54.2.